The van der Waals surface area contributed by atoms with Gasteiger partial charge in [0.1, 0.15) is 0 Å². The van der Waals surface area contributed by atoms with Gasteiger partial charge in [-0.2, -0.15) is 9.90 Å². The highest BCUT2D eigenvalue weighted by molar-refractivity contribution is 7.30. The standard InChI is InChI=1S/C2H4O2.H3O3P.H3P/c1-2(3)4;1-4(2)3;/h1H3,(H,3,4);4H,(H2,1,2,3);1H3. The zero-order valence-electron chi connectivity index (χ0n) is 4.87. The fraction of sp³-hybridized carbons (Fsp3) is 0.500. The number of carbonyl (C=O) groups is 1. The lowest BCUT2D eigenvalue weighted by Gasteiger charge is -1.61. The van der Waals surface area contributed by atoms with Gasteiger partial charge in [-0.05, 0) is 0 Å². The molecule has 1 unspecified atom stereocenters. The first-order valence-corrected chi connectivity index (χ1v) is 2.88. The third-order valence-corrected chi connectivity index (χ3v) is 0. The molecule has 0 aliphatic heterocycles. The van der Waals surface area contributed by atoms with Gasteiger partial charge in [-0.3, -0.25) is 9.36 Å². The van der Waals surface area contributed by atoms with Gasteiger partial charge in [0.15, 0.2) is 0 Å². The first-order valence-electron chi connectivity index (χ1n) is 1.58. The fourth-order valence-corrected chi connectivity index (χ4v) is 0. The molecule has 0 amide bonds. The molecule has 0 spiro atoms. The molecule has 3 N–H and O–H groups in total. The summed E-state index contributed by atoms with van der Waals surface area (Å²) < 4.78 is 8.74. The highest BCUT2D eigenvalue weighted by atomic mass is 31.1. The SMILES string of the molecule is CC(=O)O.O=[PH](O)O.P. The van der Waals surface area contributed by atoms with Crippen molar-refractivity contribution in [2.45, 2.75) is 6.92 Å². The van der Waals surface area contributed by atoms with Crippen molar-refractivity contribution < 1.29 is 24.3 Å². The molecule has 0 aromatic carbocycles. The van der Waals surface area contributed by atoms with Crippen LogP contribution < -0.4 is 0 Å². The van der Waals surface area contributed by atoms with Crippen LogP contribution in [0.1, 0.15) is 6.92 Å². The normalized spacial score (nSPS) is 6.67. The van der Waals surface area contributed by atoms with Crippen LogP contribution in [0.2, 0.25) is 0 Å². The summed E-state index contributed by atoms with van der Waals surface area (Å²) in [5, 5.41) is 7.42. The van der Waals surface area contributed by atoms with E-state index in [-0.39, 0.29) is 9.90 Å². The Hall–Kier alpha value is 0.0500. The minimum Gasteiger partial charge on any atom is -0.481 e. The number of carboxylic acid groups (broad SMARTS) is 1. The zero-order valence-corrected chi connectivity index (χ0v) is 7.28. The fourth-order valence-electron chi connectivity index (χ4n) is 0. The molecule has 0 heterocycles. The topological polar surface area (TPSA) is 94.8 Å². The minimum atomic E-state index is -3.13. The summed E-state index contributed by atoms with van der Waals surface area (Å²) in [4.78, 5) is 23.3. The van der Waals surface area contributed by atoms with Crippen LogP contribution in [0.4, 0.5) is 0 Å². The predicted octanol–water partition coefficient (Wildman–Crippen LogP) is -0.490. The zero-order chi connectivity index (χ0) is 7.15. The highest BCUT2D eigenvalue weighted by Crippen LogP contribution is 1.98. The van der Waals surface area contributed by atoms with E-state index >= 15 is 0 Å². The van der Waals surface area contributed by atoms with E-state index in [1.54, 1.807) is 0 Å². The van der Waals surface area contributed by atoms with Gasteiger partial charge < -0.3 is 14.9 Å². The Kier molecular flexibility index (Phi) is 19.5. The first kappa shape index (κ1) is 16.0. The van der Waals surface area contributed by atoms with Gasteiger partial charge in [-0.1, -0.05) is 0 Å². The van der Waals surface area contributed by atoms with E-state index < -0.39 is 14.2 Å². The quantitative estimate of drug-likeness (QED) is 0.433. The molecule has 58 valence electrons. The van der Waals surface area contributed by atoms with Crippen molar-refractivity contribution in [3.63, 3.8) is 0 Å². The Morgan fingerprint density at radius 3 is 1.44 bits per heavy atom. The Labute approximate surface area is 56.3 Å². The van der Waals surface area contributed by atoms with Gasteiger partial charge in [0.05, 0.1) is 0 Å². The lowest BCUT2D eigenvalue weighted by atomic mass is 10.9. The highest BCUT2D eigenvalue weighted by Gasteiger charge is 1.65. The molecule has 0 aromatic rings. The number of aliphatic carboxylic acids is 1. The molecule has 0 aliphatic carbocycles. The van der Waals surface area contributed by atoms with Crippen molar-refractivity contribution in [1.82, 2.24) is 0 Å². The molecule has 0 fully saturated rings. The molecular formula is C2H10O5P2. The van der Waals surface area contributed by atoms with E-state index in [9.17, 15) is 0 Å². The second-order valence-corrected chi connectivity index (χ2v) is 1.37. The van der Waals surface area contributed by atoms with Gasteiger partial charge in [-0.15, -0.1) is 0 Å². The van der Waals surface area contributed by atoms with E-state index in [4.69, 9.17) is 24.3 Å². The summed E-state index contributed by atoms with van der Waals surface area (Å²) in [5.74, 6) is -0.833. The first-order chi connectivity index (χ1) is 3.46. The van der Waals surface area contributed by atoms with Crippen molar-refractivity contribution >= 4 is 24.1 Å². The third kappa shape index (κ3) is 118000. The van der Waals surface area contributed by atoms with Crippen LogP contribution in [-0.4, -0.2) is 20.9 Å². The van der Waals surface area contributed by atoms with Crippen LogP contribution in [0.15, 0.2) is 0 Å². The van der Waals surface area contributed by atoms with Crippen molar-refractivity contribution in [2.75, 3.05) is 0 Å². The maximum Gasteiger partial charge on any atom is 0.314 e. The smallest absolute Gasteiger partial charge is 0.314 e. The van der Waals surface area contributed by atoms with Gasteiger partial charge in [0.2, 0.25) is 0 Å². The molecule has 0 saturated carbocycles. The molecule has 5 nitrogen and oxygen atoms in total. The van der Waals surface area contributed by atoms with Gasteiger partial charge in [0, 0.05) is 6.92 Å². The van der Waals surface area contributed by atoms with Crippen molar-refractivity contribution in [3.05, 3.63) is 0 Å². The molecule has 0 bridgehead atoms. The van der Waals surface area contributed by atoms with Gasteiger partial charge in [-0.25, -0.2) is 0 Å². The lowest BCUT2D eigenvalue weighted by molar-refractivity contribution is -0.134. The lowest BCUT2D eigenvalue weighted by Crippen LogP contribution is -1.78. The van der Waals surface area contributed by atoms with Crippen molar-refractivity contribution in [3.8, 4) is 0 Å². The second kappa shape index (κ2) is 10.9. The molecule has 9 heavy (non-hydrogen) atoms. The Morgan fingerprint density at radius 2 is 1.44 bits per heavy atom. The largest absolute Gasteiger partial charge is 0.481 e. The molecule has 7 heteroatoms. The Morgan fingerprint density at radius 1 is 1.44 bits per heavy atom. The van der Waals surface area contributed by atoms with Crippen LogP contribution in [-0.2, 0) is 9.36 Å². The maximum atomic E-state index is 9.00. The average molecular weight is 176 g/mol. The van der Waals surface area contributed by atoms with Crippen LogP contribution in [0.25, 0.3) is 0 Å². The van der Waals surface area contributed by atoms with Crippen LogP contribution in [0.5, 0.6) is 0 Å². The molecule has 0 aliphatic rings. The van der Waals surface area contributed by atoms with Crippen LogP contribution in [0, 0.1) is 0 Å². The Bertz CT molecular complexity index is 71.0. The third-order valence-electron chi connectivity index (χ3n) is 0. The van der Waals surface area contributed by atoms with E-state index in [2.05, 4.69) is 0 Å². The molecule has 0 saturated heterocycles. The number of rotatable bonds is 0. The predicted molar refractivity (Wildman–Crippen MR) is 37.9 cm³/mol. The molecule has 0 radical (unpaired) electrons. The molecule has 1 atom stereocenters. The summed E-state index contributed by atoms with van der Waals surface area (Å²) in [6, 6.07) is 0. The summed E-state index contributed by atoms with van der Waals surface area (Å²) in [5.41, 5.74) is 0. The number of hydrogen-bond donors (Lipinski definition) is 3. The second-order valence-electron chi connectivity index (χ2n) is 0.802. The van der Waals surface area contributed by atoms with Crippen LogP contribution >= 0.6 is 18.2 Å². The maximum absolute atomic E-state index is 9.00. The Balaban J connectivity index is -0.0000000720. The van der Waals surface area contributed by atoms with E-state index in [0.717, 1.165) is 6.92 Å². The van der Waals surface area contributed by atoms with E-state index in [1.165, 1.54) is 0 Å². The summed E-state index contributed by atoms with van der Waals surface area (Å²) in [6.45, 7) is 1.08. The van der Waals surface area contributed by atoms with Crippen molar-refractivity contribution in [1.29, 1.82) is 0 Å². The molecular weight excluding hydrogens is 166 g/mol. The average Bonchev–Trinajstić information content (AvgIpc) is 1.25. The summed E-state index contributed by atoms with van der Waals surface area (Å²) in [6.07, 6.45) is 0. The minimum absolute atomic E-state index is 0. The van der Waals surface area contributed by atoms with E-state index in [1.807, 2.05) is 0 Å². The molecule has 0 rings (SSSR count). The van der Waals surface area contributed by atoms with Crippen LogP contribution in [0.3, 0.4) is 0 Å². The van der Waals surface area contributed by atoms with Gasteiger partial charge in [0.25, 0.3) is 5.97 Å². The monoisotopic (exact) mass is 176 g/mol. The van der Waals surface area contributed by atoms with E-state index in [0.29, 0.717) is 0 Å². The number of hydrogen-bond acceptors (Lipinski definition) is 2. The molecule has 0 aromatic heterocycles. The van der Waals surface area contributed by atoms with Crippen molar-refractivity contribution in [2.24, 2.45) is 0 Å². The summed E-state index contributed by atoms with van der Waals surface area (Å²) in [7, 11) is -3.13. The number of carboxylic acids is 1. The summed E-state index contributed by atoms with van der Waals surface area (Å²) >= 11 is 0. The van der Waals surface area contributed by atoms with Gasteiger partial charge >= 0.3 is 8.25 Å².